The number of hydrogen-bond acceptors (Lipinski definition) is 1. The summed E-state index contributed by atoms with van der Waals surface area (Å²) in [4.78, 5) is 0. The molecule has 0 spiro atoms. The summed E-state index contributed by atoms with van der Waals surface area (Å²) in [6.45, 7) is 4.32. The highest BCUT2D eigenvalue weighted by Gasteiger charge is 2.19. The third-order valence-electron chi connectivity index (χ3n) is 5.23. The highest BCUT2D eigenvalue weighted by molar-refractivity contribution is 7.27. The summed E-state index contributed by atoms with van der Waals surface area (Å²) in [5.74, 6) is 8.08. The summed E-state index contributed by atoms with van der Waals surface area (Å²) < 4.78 is 0. The Morgan fingerprint density at radius 1 is 0.960 bits per heavy atom. The van der Waals surface area contributed by atoms with E-state index in [0.29, 0.717) is 0 Å². The van der Waals surface area contributed by atoms with Crippen molar-refractivity contribution in [2.75, 3.05) is 0 Å². The standard InChI is InChI=1S/C23H24NP/c1-16-3-9-20(10-4-16)21-11-7-18(8-12-21)5-6-19-13-17(2)22(15-24)23(25)14-19/h7-8,11-14,16,20H,3-4,9-10,25H2,1-2H3. The van der Waals surface area contributed by atoms with Crippen LogP contribution in [0.2, 0.25) is 0 Å². The molecule has 2 heteroatoms. The van der Waals surface area contributed by atoms with Crippen molar-refractivity contribution in [1.29, 1.82) is 5.26 Å². The van der Waals surface area contributed by atoms with Crippen molar-refractivity contribution >= 4 is 14.5 Å². The SMILES string of the molecule is Cc1cc(C#Cc2ccc(C3CCC(C)CC3)cc2)cc(P)c1C#N. The van der Waals surface area contributed by atoms with E-state index in [1.807, 2.05) is 19.1 Å². The Morgan fingerprint density at radius 2 is 1.60 bits per heavy atom. The van der Waals surface area contributed by atoms with Crippen molar-refractivity contribution in [2.45, 2.75) is 45.4 Å². The zero-order chi connectivity index (χ0) is 17.8. The summed E-state index contributed by atoms with van der Waals surface area (Å²) in [5, 5.41) is 10.1. The molecule has 1 saturated carbocycles. The fraction of sp³-hybridized carbons (Fsp3) is 0.348. The van der Waals surface area contributed by atoms with Crippen LogP contribution in [0.15, 0.2) is 36.4 Å². The summed E-state index contributed by atoms with van der Waals surface area (Å²) in [6, 6.07) is 14.9. The fourth-order valence-electron chi connectivity index (χ4n) is 3.62. The number of rotatable bonds is 1. The predicted octanol–water partition coefficient (Wildman–Crippen LogP) is 5.06. The Kier molecular flexibility index (Phi) is 5.58. The van der Waals surface area contributed by atoms with E-state index in [-0.39, 0.29) is 0 Å². The van der Waals surface area contributed by atoms with Crippen LogP contribution in [0.1, 0.15) is 66.3 Å². The van der Waals surface area contributed by atoms with E-state index in [4.69, 9.17) is 5.26 Å². The normalized spacial score (nSPS) is 19.6. The van der Waals surface area contributed by atoms with Gasteiger partial charge in [0.1, 0.15) is 6.07 Å². The molecule has 2 aromatic rings. The molecular formula is C23H24NP. The lowest BCUT2D eigenvalue weighted by atomic mass is 9.79. The third kappa shape index (κ3) is 4.31. The molecule has 0 amide bonds. The molecule has 1 atom stereocenters. The lowest BCUT2D eigenvalue weighted by Gasteiger charge is -2.26. The molecule has 0 heterocycles. The molecule has 3 rings (SSSR count). The Hall–Kier alpha value is -2.08. The Morgan fingerprint density at radius 3 is 2.20 bits per heavy atom. The second kappa shape index (κ2) is 7.87. The van der Waals surface area contributed by atoms with Gasteiger partial charge in [-0.1, -0.05) is 43.7 Å². The van der Waals surface area contributed by atoms with Crippen LogP contribution in [0.25, 0.3) is 0 Å². The van der Waals surface area contributed by atoms with E-state index in [9.17, 15) is 0 Å². The molecule has 1 aliphatic rings. The first-order valence-corrected chi connectivity index (χ1v) is 9.56. The first kappa shape index (κ1) is 17.7. The van der Waals surface area contributed by atoms with E-state index in [1.54, 1.807) is 0 Å². The van der Waals surface area contributed by atoms with Gasteiger partial charge in [-0.2, -0.15) is 5.26 Å². The zero-order valence-electron chi connectivity index (χ0n) is 15.0. The van der Waals surface area contributed by atoms with E-state index >= 15 is 0 Å². The summed E-state index contributed by atoms with van der Waals surface area (Å²) in [7, 11) is 2.63. The minimum Gasteiger partial charge on any atom is -0.192 e. The minimum absolute atomic E-state index is 0.721. The molecule has 1 nitrogen and oxygen atoms in total. The third-order valence-corrected chi connectivity index (χ3v) is 5.68. The van der Waals surface area contributed by atoms with Gasteiger partial charge in [-0.15, -0.1) is 9.24 Å². The molecule has 25 heavy (non-hydrogen) atoms. The van der Waals surface area contributed by atoms with Crippen LogP contribution in [-0.2, 0) is 0 Å². The second-order valence-corrected chi connectivity index (χ2v) is 7.82. The van der Waals surface area contributed by atoms with Crippen molar-refractivity contribution in [3.63, 3.8) is 0 Å². The topological polar surface area (TPSA) is 23.8 Å². The second-order valence-electron chi connectivity index (χ2n) is 7.20. The van der Waals surface area contributed by atoms with Crippen LogP contribution < -0.4 is 5.30 Å². The van der Waals surface area contributed by atoms with Crippen LogP contribution in [0.3, 0.4) is 0 Å². The van der Waals surface area contributed by atoms with E-state index in [0.717, 1.165) is 39.4 Å². The van der Waals surface area contributed by atoms with Crippen molar-refractivity contribution in [1.82, 2.24) is 0 Å². The predicted molar refractivity (Wildman–Crippen MR) is 108 cm³/mol. The number of benzene rings is 2. The largest absolute Gasteiger partial charge is 0.192 e. The van der Waals surface area contributed by atoms with Crippen LogP contribution >= 0.6 is 9.24 Å². The van der Waals surface area contributed by atoms with Gasteiger partial charge in [0.05, 0.1) is 5.56 Å². The van der Waals surface area contributed by atoms with Crippen LogP contribution in [-0.4, -0.2) is 0 Å². The summed E-state index contributed by atoms with van der Waals surface area (Å²) >= 11 is 0. The maximum absolute atomic E-state index is 9.15. The quantitative estimate of drug-likeness (QED) is 0.523. The molecule has 0 aliphatic heterocycles. The summed E-state index contributed by atoms with van der Waals surface area (Å²) in [6.07, 6.45) is 5.32. The van der Waals surface area contributed by atoms with Crippen molar-refractivity contribution in [3.05, 3.63) is 64.2 Å². The molecule has 2 aromatic carbocycles. The van der Waals surface area contributed by atoms with Crippen molar-refractivity contribution < 1.29 is 0 Å². The van der Waals surface area contributed by atoms with Gasteiger partial charge >= 0.3 is 0 Å². The monoisotopic (exact) mass is 345 g/mol. The lowest BCUT2D eigenvalue weighted by molar-refractivity contribution is 0.348. The zero-order valence-corrected chi connectivity index (χ0v) is 16.1. The number of hydrogen-bond donors (Lipinski definition) is 0. The van der Waals surface area contributed by atoms with Gasteiger partial charge in [-0.05, 0) is 72.3 Å². The van der Waals surface area contributed by atoms with E-state index < -0.39 is 0 Å². The van der Waals surface area contributed by atoms with E-state index in [2.05, 4.69) is 58.3 Å². The van der Waals surface area contributed by atoms with Crippen LogP contribution in [0, 0.1) is 36.0 Å². The molecular weight excluding hydrogens is 321 g/mol. The van der Waals surface area contributed by atoms with Gasteiger partial charge in [0.25, 0.3) is 0 Å². The molecule has 1 fully saturated rings. The molecule has 126 valence electrons. The van der Waals surface area contributed by atoms with Crippen LogP contribution in [0.5, 0.6) is 0 Å². The van der Waals surface area contributed by atoms with Crippen LogP contribution in [0.4, 0.5) is 0 Å². The first-order valence-electron chi connectivity index (χ1n) is 8.99. The van der Waals surface area contributed by atoms with Crippen molar-refractivity contribution in [2.24, 2.45) is 5.92 Å². The van der Waals surface area contributed by atoms with Gasteiger partial charge in [0.15, 0.2) is 0 Å². The molecule has 1 unspecified atom stereocenters. The van der Waals surface area contributed by atoms with Gasteiger partial charge in [0.2, 0.25) is 0 Å². The van der Waals surface area contributed by atoms with Crippen molar-refractivity contribution in [3.8, 4) is 17.9 Å². The molecule has 1 aliphatic carbocycles. The number of nitriles is 1. The Bertz CT molecular complexity index is 831. The highest BCUT2D eigenvalue weighted by atomic mass is 31.0. The van der Waals surface area contributed by atoms with Gasteiger partial charge in [-0.3, -0.25) is 0 Å². The maximum atomic E-state index is 9.15. The molecule has 0 aromatic heterocycles. The average molecular weight is 345 g/mol. The molecule has 0 radical (unpaired) electrons. The summed E-state index contributed by atoms with van der Waals surface area (Å²) in [5.41, 5.74) is 5.15. The smallest absolute Gasteiger partial charge is 0.100 e. The Labute approximate surface area is 153 Å². The highest BCUT2D eigenvalue weighted by Crippen LogP contribution is 2.35. The molecule has 0 saturated heterocycles. The fourth-order valence-corrected chi connectivity index (χ4v) is 4.09. The van der Waals surface area contributed by atoms with E-state index in [1.165, 1.54) is 31.2 Å². The number of nitrogens with zero attached hydrogens (tertiary/aromatic N) is 1. The molecule has 0 N–H and O–H groups in total. The maximum Gasteiger partial charge on any atom is 0.100 e. The lowest BCUT2D eigenvalue weighted by Crippen LogP contribution is -2.10. The van der Waals surface area contributed by atoms with Gasteiger partial charge in [0, 0.05) is 11.1 Å². The van der Waals surface area contributed by atoms with Gasteiger partial charge < -0.3 is 0 Å². The first-order chi connectivity index (χ1) is 12.1. The number of aryl methyl sites for hydroxylation is 1. The minimum atomic E-state index is 0.721. The van der Waals surface area contributed by atoms with Gasteiger partial charge in [-0.25, -0.2) is 0 Å². The molecule has 0 bridgehead atoms. The Balaban J connectivity index is 1.75. The average Bonchev–Trinajstić information content (AvgIpc) is 2.61.